The minimum Gasteiger partial charge on any atom is -0.496 e. The van der Waals surface area contributed by atoms with Crippen molar-refractivity contribution < 1.29 is 4.74 Å². The average Bonchev–Trinajstić information content (AvgIpc) is 3.57. The maximum atomic E-state index is 5.71. The number of aromatic nitrogens is 3. The van der Waals surface area contributed by atoms with E-state index in [1.165, 1.54) is 27.2 Å². The van der Waals surface area contributed by atoms with Crippen molar-refractivity contribution in [1.82, 2.24) is 14.4 Å². The monoisotopic (exact) mass is 489 g/mol. The molecule has 5 aromatic carbocycles. The number of nitrogens with one attached hydrogen (secondary N) is 1. The van der Waals surface area contributed by atoms with E-state index in [4.69, 9.17) is 9.72 Å². The minimum atomic E-state index is 0.788. The van der Waals surface area contributed by atoms with Gasteiger partial charge in [-0.25, -0.2) is 4.98 Å². The summed E-state index contributed by atoms with van der Waals surface area (Å²) in [7, 11) is 1.70. The Balaban J connectivity index is 1.74. The number of methoxy groups -OCH3 is 1. The van der Waals surface area contributed by atoms with Crippen LogP contribution in [0.1, 0.15) is 0 Å². The van der Waals surface area contributed by atoms with Crippen LogP contribution in [-0.4, -0.2) is 21.5 Å². The molecular weight excluding hydrogens is 466 g/mol. The Morgan fingerprint density at radius 1 is 0.579 bits per heavy atom. The Bertz CT molecular complexity index is 2240. The third kappa shape index (κ3) is 2.83. The van der Waals surface area contributed by atoms with Crippen molar-refractivity contribution in [2.75, 3.05) is 7.11 Å². The molecule has 1 N–H and O–H groups in total. The molecule has 8 rings (SSSR count). The molecule has 0 atom stereocenters. The fourth-order valence-corrected chi connectivity index (χ4v) is 6.02. The van der Waals surface area contributed by atoms with E-state index in [9.17, 15) is 0 Å². The highest BCUT2D eigenvalue weighted by Crippen LogP contribution is 2.39. The molecule has 8 aromatic rings. The van der Waals surface area contributed by atoms with Gasteiger partial charge in [-0.15, -0.1) is 0 Å². The molecule has 0 amide bonds. The van der Waals surface area contributed by atoms with Gasteiger partial charge in [0.15, 0.2) is 0 Å². The van der Waals surface area contributed by atoms with E-state index in [0.717, 1.165) is 49.8 Å². The highest BCUT2D eigenvalue weighted by Gasteiger charge is 2.17. The molecule has 0 spiro atoms. The number of aromatic amines is 1. The molecule has 0 fully saturated rings. The normalized spacial score (nSPS) is 11.8. The summed E-state index contributed by atoms with van der Waals surface area (Å²) in [5.41, 5.74) is 6.39. The van der Waals surface area contributed by atoms with Crippen molar-refractivity contribution in [3.05, 3.63) is 115 Å². The van der Waals surface area contributed by atoms with Gasteiger partial charge in [0.1, 0.15) is 11.6 Å². The van der Waals surface area contributed by atoms with Crippen LogP contribution in [0.5, 0.6) is 5.75 Å². The van der Waals surface area contributed by atoms with Crippen LogP contribution in [0, 0.1) is 0 Å². The number of hydrogen-bond donors (Lipinski definition) is 1. The summed E-state index contributed by atoms with van der Waals surface area (Å²) in [6, 6.07) is 40.6. The largest absolute Gasteiger partial charge is 0.496 e. The molecule has 0 aliphatic rings. The number of ether oxygens (including phenoxy) is 1. The maximum absolute atomic E-state index is 5.71. The molecule has 0 aliphatic carbocycles. The lowest BCUT2D eigenvalue weighted by molar-refractivity contribution is 0.416. The van der Waals surface area contributed by atoms with E-state index < -0.39 is 0 Å². The molecule has 38 heavy (non-hydrogen) atoms. The molecule has 0 saturated heterocycles. The topological polar surface area (TPSA) is 42.3 Å². The van der Waals surface area contributed by atoms with Gasteiger partial charge >= 0.3 is 0 Å². The summed E-state index contributed by atoms with van der Waals surface area (Å²) in [5.74, 6) is 1.58. The molecule has 3 aromatic heterocycles. The Kier molecular flexibility index (Phi) is 4.40. The van der Waals surface area contributed by atoms with E-state index in [1.54, 1.807) is 7.11 Å². The minimum absolute atomic E-state index is 0.788. The number of fused-ring (bicyclic) bond motifs is 10. The van der Waals surface area contributed by atoms with Crippen LogP contribution in [0.3, 0.4) is 0 Å². The van der Waals surface area contributed by atoms with Gasteiger partial charge in [-0.05, 0) is 29.7 Å². The van der Waals surface area contributed by atoms with Gasteiger partial charge in [-0.3, -0.25) is 0 Å². The van der Waals surface area contributed by atoms with Crippen molar-refractivity contribution in [2.24, 2.45) is 0 Å². The Labute approximate surface area is 218 Å². The number of rotatable bonds is 2. The first-order valence-corrected chi connectivity index (χ1v) is 12.8. The highest BCUT2D eigenvalue weighted by atomic mass is 16.5. The van der Waals surface area contributed by atoms with E-state index in [0.29, 0.717) is 0 Å². The highest BCUT2D eigenvalue weighted by molar-refractivity contribution is 6.23. The number of benzene rings is 5. The molecular formula is C34H23N3O. The molecule has 0 radical (unpaired) electrons. The predicted octanol–water partition coefficient (Wildman–Crippen LogP) is 8.67. The van der Waals surface area contributed by atoms with Crippen LogP contribution >= 0.6 is 0 Å². The smallest absolute Gasteiger partial charge is 0.142 e. The van der Waals surface area contributed by atoms with Crippen LogP contribution in [-0.2, 0) is 0 Å². The average molecular weight is 490 g/mol. The first-order chi connectivity index (χ1) is 18.8. The van der Waals surface area contributed by atoms with Crippen LogP contribution in [0.25, 0.3) is 71.3 Å². The van der Waals surface area contributed by atoms with Gasteiger partial charge in [-0.2, -0.15) is 0 Å². The summed E-state index contributed by atoms with van der Waals surface area (Å²) >= 11 is 0. The van der Waals surface area contributed by atoms with Gasteiger partial charge in [0, 0.05) is 26.9 Å². The Morgan fingerprint density at radius 2 is 1.16 bits per heavy atom. The quantitative estimate of drug-likeness (QED) is 0.264. The molecule has 3 heterocycles. The second-order valence-electron chi connectivity index (χ2n) is 9.63. The Hall–Kier alpha value is -5.09. The zero-order valence-electron chi connectivity index (χ0n) is 20.8. The van der Waals surface area contributed by atoms with Crippen LogP contribution < -0.4 is 4.74 Å². The molecule has 0 aliphatic heterocycles. The molecule has 0 bridgehead atoms. The second kappa shape index (κ2) is 7.95. The van der Waals surface area contributed by atoms with Crippen molar-refractivity contribution in [3.8, 4) is 17.1 Å². The molecule has 0 unspecified atom stereocenters. The van der Waals surface area contributed by atoms with Gasteiger partial charge in [-0.1, -0.05) is 91.0 Å². The molecule has 4 nitrogen and oxygen atoms in total. The van der Waals surface area contributed by atoms with Crippen LogP contribution in [0.15, 0.2) is 115 Å². The van der Waals surface area contributed by atoms with Gasteiger partial charge in [0.2, 0.25) is 0 Å². The zero-order valence-corrected chi connectivity index (χ0v) is 20.8. The summed E-state index contributed by atoms with van der Waals surface area (Å²) in [4.78, 5) is 8.98. The fraction of sp³-hybridized carbons (Fsp3) is 0.0294. The standard InChI is InChI=1S/C34H23N3O/c1-38-30-20-9-6-15-26(30)34-35-31-24-14-3-2-11-21(24)22-12-4-7-18-28(22)37-29-19-8-5-13-23(29)25-16-10-17-27(33(25)37)32(31)36-34/h2-20H,1H3,(H,35,36). The fourth-order valence-electron chi connectivity index (χ4n) is 6.02. The van der Waals surface area contributed by atoms with E-state index in [1.807, 2.05) is 18.2 Å². The number of para-hydroxylation sites is 4. The summed E-state index contributed by atoms with van der Waals surface area (Å²) in [6.07, 6.45) is 0. The van der Waals surface area contributed by atoms with E-state index in [-0.39, 0.29) is 0 Å². The zero-order chi connectivity index (χ0) is 25.2. The van der Waals surface area contributed by atoms with E-state index in [2.05, 4.69) is 106 Å². The molecule has 0 saturated carbocycles. The number of hydrogen-bond acceptors (Lipinski definition) is 2. The maximum Gasteiger partial charge on any atom is 0.142 e. The van der Waals surface area contributed by atoms with Gasteiger partial charge in [0.05, 0.1) is 40.3 Å². The SMILES string of the molecule is COc1ccccc1-c1nc2c3ccccc3c3ccccc3n3c4ccccc4c4cccc(c2[nH]1)c43. The van der Waals surface area contributed by atoms with Crippen molar-refractivity contribution in [2.45, 2.75) is 0 Å². The lowest BCUT2D eigenvalue weighted by Gasteiger charge is -2.05. The summed E-state index contributed by atoms with van der Waals surface area (Å²) in [5, 5.41) is 7.00. The number of nitrogens with zero attached hydrogens (tertiary/aromatic N) is 2. The molecule has 4 heteroatoms. The number of imidazole rings is 1. The van der Waals surface area contributed by atoms with Crippen molar-refractivity contribution in [3.63, 3.8) is 0 Å². The predicted molar refractivity (Wildman–Crippen MR) is 158 cm³/mol. The van der Waals surface area contributed by atoms with Crippen LogP contribution in [0.4, 0.5) is 0 Å². The van der Waals surface area contributed by atoms with Gasteiger partial charge in [0.25, 0.3) is 0 Å². The first kappa shape index (κ1) is 21.0. The Morgan fingerprint density at radius 3 is 1.92 bits per heavy atom. The molecule has 180 valence electrons. The third-order valence-corrected chi connectivity index (χ3v) is 7.65. The number of H-pyrrole nitrogens is 1. The van der Waals surface area contributed by atoms with Crippen molar-refractivity contribution in [1.29, 1.82) is 0 Å². The summed E-state index contributed by atoms with van der Waals surface area (Å²) < 4.78 is 8.13. The van der Waals surface area contributed by atoms with Crippen LogP contribution in [0.2, 0.25) is 0 Å². The lowest BCUT2D eigenvalue weighted by Crippen LogP contribution is -1.89. The third-order valence-electron chi connectivity index (χ3n) is 7.65. The van der Waals surface area contributed by atoms with Gasteiger partial charge < -0.3 is 14.1 Å². The summed E-state index contributed by atoms with van der Waals surface area (Å²) in [6.45, 7) is 0. The lowest BCUT2D eigenvalue weighted by atomic mass is 10.1. The van der Waals surface area contributed by atoms with E-state index >= 15 is 0 Å². The second-order valence-corrected chi connectivity index (χ2v) is 9.63. The van der Waals surface area contributed by atoms with Crippen molar-refractivity contribution >= 4 is 59.9 Å². The first-order valence-electron chi connectivity index (χ1n) is 12.8.